The van der Waals surface area contributed by atoms with Crippen LogP contribution in [0.2, 0.25) is 0 Å². The van der Waals surface area contributed by atoms with Crippen LogP contribution in [0.3, 0.4) is 0 Å². The van der Waals surface area contributed by atoms with Gasteiger partial charge in [0.15, 0.2) is 0 Å². The van der Waals surface area contributed by atoms with Crippen molar-refractivity contribution < 1.29 is 0 Å². The molecule has 1 aromatic carbocycles. The highest BCUT2D eigenvalue weighted by Crippen LogP contribution is 2.20. The number of hydrogen-bond donors (Lipinski definition) is 1. The van der Waals surface area contributed by atoms with Gasteiger partial charge < -0.3 is 5.32 Å². The molecule has 0 amide bonds. The second-order valence-electron chi connectivity index (χ2n) is 5.86. The van der Waals surface area contributed by atoms with Gasteiger partial charge in [0.05, 0.1) is 0 Å². The van der Waals surface area contributed by atoms with E-state index in [9.17, 15) is 0 Å². The molecular formula is C19H26N2. The van der Waals surface area contributed by atoms with Crippen molar-refractivity contribution in [3.8, 4) is 0 Å². The first-order valence-corrected chi connectivity index (χ1v) is 7.82. The van der Waals surface area contributed by atoms with E-state index < -0.39 is 0 Å². The first kappa shape index (κ1) is 15.7. The maximum absolute atomic E-state index is 4.31. The molecule has 0 saturated carbocycles. The molecular weight excluding hydrogens is 256 g/mol. The van der Waals surface area contributed by atoms with E-state index in [1.54, 1.807) is 0 Å². The molecule has 1 unspecified atom stereocenters. The maximum atomic E-state index is 4.31. The fourth-order valence-corrected chi connectivity index (χ4v) is 2.58. The van der Waals surface area contributed by atoms with Crippen LogP contribution in [0.4, 0.5) is 0 Å². The van der Waals surface area contributed by atoms with E-state index in [-0.39, 0.29) is 0 Å². The smallest absolute Gasteiger partial charge is 0.0375 e. The Hall–Kier alpha value is -1.67. The summed E-state index contributed by atoms with van der Waals surface area (Å²) in [6, 6.07) is 11.4. The average Bonchev–Trinajstić information content (AvgIpc) is 2.47. The molecule has 1 aromatic heterocycles. The van der Waals surface area contributed by atoms with Gasteiger partial charge in [0, 0.05) is 17.9 Å². The lowest BCUT2D eigenvalue weighted by molar-refractivity contribution is 0.528. The van der Waals surface area contributed by atoms with E-state index in [2.05, 4.69) is 68.3 Å². The van der Waals surface area contributed by atoms with Gasteiger partial charge in [0.25, 0.3) is 0 Å². The van der Waals surface area contributed by atoms with Gasteiger partial charge in [0.2, 0.25) is 0 Å². The summed E-state index contributed by atoms with van der Waals surface area (Å²) in [5.74, 6) is 0. The van der Waals surface area contributed by atoms with Crippen LogP contribution in [0.25, 0.3) is 0 Å². The molecule has 2 nitrogen and oxygen atoms in total. The standard InChI is InChI=1S/C19H26N2/c1-5-9-21-19(18-8-10-20-16(4)12-18)13-17-7-6-14(2)15(3)11-17/h6-8,10-12,19,21H,5,9,13H2,1-4H3. The Balaban J connectivity index is 2.21. The zero-order chi connectivity index (χ0) is 15.2. The van der Waals surface area contributed by atoms with E-state index in [1.807, 2.05) is 6.20 Å². The van der Waals surface area contributed by atoms with Crippen molar-refractivity contribution in [3.05, 3.63) is 64.5 Å². The van der Waals surface area contributed by atoms with Gasteiger partial charge in [-0.05, 0) is 74.5 Å². The first-order chi connectivity index (χ1) is 10.1. The van der Waals surface area contributed by atoms with Gasteiger partial charge in [-0.3, -0.25) is 4.98 Å². The van der Waals surface area contributed by atoms with Crippen molar-refractivity contribution >= 4 is 0 Å². The molecule has 2 aromatic rings. The summed E-state index contributed by atoms with van der Waals surface area (Å²) in [6.45, 7) is 9.65. The number of hydrogen-bond acceptors (Lipinski definition) is 2. The van der Waals surface area contributed by atoms with Crippen molar-refractivity contribution in [2.45, 2.75) is 46.6 Å². The summed E-state index contributed by atoms with van der Waals surface area (Å²) in [7, 11) is 0. The Kier molecular flexibility index (Phi) is 5.51. The molecule has 0 aliphatic rings. The molecule has 0 aliphatic carbocycles. The van der Waals surface area contributed by atoms with E-state index in [4.69, 9.17) is 0 Å². The number of aromatic nitrogens is 1. The van der Waals surface area contributed by atoms with E-state index in [0.717, 1.165) is 25.1 Å². The molecule has 0 radical (unpaired) electrons. The lowest BCUT2D eigenvalue weighted by Crippen LogP contribution is -2.24. The molecule has 21 heavy (non-hydrogen) atoms. The normalized spacial score (nSPS) is 12.4. The van der Waals surface area contributed by atoms with Crippen molar-refractivity contribution in [2.24, 2.45) is 0 Å². The van der Waals surface area contributed by atoms with E-state index in [0.29, 0.717) is 6.04 Å². The first-order valence-electron chi connectivity index (χ1n) is 7.82. The number of aryl methyl sites for hydroxylation is 3. The minimum atomic E-state index is 0.355. The highest BCUT2D eigenvalue weighted by molar-refractivity contribution is 5.31. The van der Waals surface area contributed by atoms with E-state index >= 15 is 0 Å². The second kappa shape index (κ2) is 7.37. The molecule has 0 saturated heterocycles. The summed E-state index contributed by atoms with van der Waals surface area (Å²) in [5.41, 5.74) is 6.52. The Labute approximate surface area is 128 Å². The van der Waals surface area contributed by atoms with Crippen LogP contribution in [-0.4, -0.2) is 11.5 Å². The van der Waals surface area contributed by atoms with Crippen LogP contribution in [0, 0.1) is 20.8 Å². The molecule has 1 heterocycles. The number of benzene rings is 1. The molecule has 0 fully saturated rings. The SMILES string of the molecule is CCCNC(Cc1ccc(C)c(C)c1)c1ccnc(C)c1. The third kappa shape index (κ3) is 4.40. The van der Waals surface area contributed by atoms with Gasteiger partial charge >= 0.3 is 0 Å². The predicted molar refractivity (Wildman–Crippen MR) is 89.6 cm³/mol. The quantitative estimate of drug-likeness (QED) is 0.855. The van der Waals surface area contributed by atoms with Gasteiger partial charge in [-0.2, -0.15) is 0 Å². The third-order valence-electron chi connectivity index (χ3n) is 3.97. The van der Waals surface area contributed by atoms with Crippen molar-refractivity contribution in [1.82, 2.24) is 10.3 Å². The molecule has 0 bridgehead atoms. The van der Waals surface area contributed by atoms with Crippen LogP contribution >= 0.6 is 0 Å². The largest absolute Gasteiger partial charge is 0.310 e. The Morgan fingerprint density at radius 2 is 1.86 bits per heavy atom. The lowest BCUT2D eigenvalue weighted by atomic mass is 9.96. The minimum absolute atomic E-state index is 0.355. The predicted octanol–water partition coefficient (Wildman–Crippen LogP) is 4.29. The monoisotopic (exact) mass is 282 g/mol. The summed E-state index contributed by atoms with van der Waals surface area (Å²) >= 11 is 0. The Morgan fingerprint density at radius 1 is 1.05 bits per heavy atom. The summed E-state index contributed by atoms with van der Waals surface area (Å²) < 4.78 is 0. The van der Waals surface area contributed by atoms with Crippen LogP contribution in [0.15, 0.2) is 36.5 Å². The molecule has 112 valence electrons. The van der Waals surface area contributed by atoms with Gasteiger partial charge in [-0.15, -0.1) is 0 Å². The zero-order valence-electron chi connectivity index (χ0n) is 13.6. The molecule has 1 atom stereocenters. The fraction of sp³-hybridized carbons (Fsp3) is 0.421. The Bertz CT molecular complexity index is 590. The number of nitrogens with zero attached hydrogens (tertiary/aromatic N) is 1. The van der Waals surface area contributed by atoms with Crippen molar-refractivity contribution in [3.63, 3.8) is 0 Å². The van der Waals surface area contributed by atoms with Crippen LogP contribution in [0.1, 0.15) is 47.3 Å². The van der Waals surface area contributed by atoms with Crippen molar-refractivity contribution in [1.29, 1.82) is 0 Å². The summed E-state index contributed by atoms with van der Waals surface area (Å²) in [6.07, 6.45) is 4.07. The third-order valence-corrected chi connectivity index (χ3v) is 3.97. The highest BCUT2D eigenvalue weighted by Gasteiger charge is 2.12. The molecule has 2 rings (SSSR count). The highest BCUT2D eigenvalue weighted by atomic mass is 14.9. The second-order valence-corrected chi connectivity index (χ2v) is 5.86. The van der Waals surface area contributed by atoms with E-state index in [1.165, 1.54) is 22.3 Å². The van der Waals surface area contributed by atoms with Crippen LogP contribution < -0.4 is 5.32 Å². The minimum Gasteiger partial charge on any atom is -0.310 e. The molecule has 1 N–H and O–H groups in total. The Morgan fingerprint density at radius 3 is 2.52 bits per heavy atom. The summed E-state index contributed by atoms with van der Waals surface area (Å²) in [5, 5.41) is 3.67. The van der Waals surface area contributed by atoms with Crippen LogP contribution in [-0.2, 0) is 6.42 Å². The number of nitrogens with one attached hydrogen (secondary N) is 1. The number of pyridine rings is 1. The fourth-order valence-electron chi connectivity index (χ4n) is 2.58. The topological polar surface area (TPSA) is 24.9 Å². The van der Waals surface area contributed by atoms with Gasteiger partial charge in [-0.25, -0.2) is 0 Å². The van der Waals surface area contributed by atoms with Gasteiger partial charge in [0.1, 0.15) is 0 Å². The van der Waals surface area contributed by atoms with Crippen molar-refractivity contribution in [2.75, 3.05) is 6.54 Å². The summed E-state index contributed by atoms with van der Waals surface area (Å²) in [4.78, 5) is 4.31. The lowest BCUT2D eigenvalue weighted by Gasteiger charge is -2.20. The number of rotatable bonds is 6. The maximum Gasteiger partial charge on any atom is 0.0375 e. The van der Waals surface area contributed by atoms with Gasteiger partial charge in [-0.1, -0.05) is 25.1 Å². The van der Waals surface area contributed by atoms with Crippen LogP contribution in [0.5, 0.6) is 0 Å². The molecule has 2 heteroatoms. The zero-order valence-corrected chi connectivity index (χ0v) is 13.6. The molecule has 0 aliphatic heterocycles. The molecule has 0 spiro atoms. The average molecular weight is 282 g/mol.